The highest BCUT2D eigenvalue weighted by atomic mass is 32.1. The second-order valence-corrected chi connectivity index (χ2v) is 8.64. The fraction of sp³-hybridized carbons (Fsp3) is 0.364. The van der Waals surface area contributed by atoms with E-state index in [9.17, 15) is 9.59 Å². The Kier molecular flexibility index (Phi) is 5.67. The molecule has 0 radical (unpaired) electrons. The zero-order valence-corrected chi connectivity index (χ0v) is 18.1. The van der Waals surface area contributed by atoms with Gasteiger partial charge in [0.2, 0.25) is 5.91 Å². The molecule has 4 heterocycles. The van der Waals surface area contributed by atoms with Gasteiger partial charge in [0.1, 0.15) is 16.5 Å². The second-order valence-electron chi connectivity index (χ2n) is 7.64. The quantitative estimate of drug-likeness (QED) is 0.678. The highest BCUT2D eigenvalue weighted by molar-refractivity contribution is 7.17. The Hall–Kier alpha value is -3.00. The first-order valence-electron chi connectivity index (χ1n) is 9.98. The number of piperidine rings is 1. The standard InChI is InChI=1S/C22H24N4O3S/c1-13-6-9-18(23-11-13)25-20(27)16-5-4-10-26(12-16)22(28)19-15(3)24-21(30-19)17-8-7-14(2)29-17/h6-9,11,16H,4-5,10,12H2,1-3H3,(H,23,25,27)/t16-/m1/s1. The molecule has 8 heteroatoms. The molecule has 7 nitrogen and oxygen atoms in total. The van der Waals surface area contributed by atoms with E-state index in [1.807, 2.05) is 39.0 Å². The minimum atomic E-state index is -0.258. The van der Waals surface area contributed by atoms with Gasteiger partial charge < -0.3 is 14.6 Å². The van der Waals surface area contributed by atoms with Gasteiger partial charge in [0.25, 0.3) is 5.91 Å². The second kappa shape index (κ2) is 8.39. The Balaban J connectivity index is 1.45. The number of likely N-dealkylation sites (tertiary alicyclic amines) is 1. The molecule has 0 unspecified atom stereocenters. The summed E-state index contributed by atoms with van der Waals surface area (Å²) in [5.41, 5.74) is 1.72. The predicted molar refractivity (Wildman–Crippen MR) is 116 cm³/mol. The van der Waals surface area contributed by atoms with Crippen LogP contribution >= 0.6 is 11.3 Å². The molecule has 3 aromatic rings. The molecule has 30 heavy (non-hydrogen) atoms. The maximum Gasteiger partial charge on any atom is 0.265 e. The van der Waals surface area contributed by atoms with Crippen LogP contribution in [-0.4, -0.2) is 39.8 Å². The van der Waals surface area contributed by atoms with Crippen molar-refractivity contribution in [2.45, 2.75) is 33.6 Å². The smallest absolute Gasteiger partial charge is 0.265 e. The van der Waals surface area contributed by atoms with Crippen LogP contribution in [0.2, 0.25) is 0 Å². The summed E-state index contributed by atoms with van der Waals surface area (Å²) in [5, 5.41) is 3.56. The van der Waals surface area contributed by atoms with Crippen LogP contribution in [-0.2, 0) is 4.79 Å². The van der Waals surface area contributed by atoms with E-state index in [1.54, 1.807) is 17.2 Å². The maximum atomic E-state index is 13.2. The minimum absolute atomic E-state index is 0.0783. The Labute approximate surface area is 179 Å². The van der Waals surface area contributed by atoms with Crippen molar-refractivity contribution in [2.75, 3.05) is 18.4 Å². The lowest BCUT2D eigenvalue weighted by Crippen LogP contribution is -2.43. The van der Waals surface area contributed by atoms with Crippen LogP contribution in [0.5, 0.6) is 0 Å². The lowest BCUT2D eigenvalue weighted by Gasteiger charge is -2.31. The van der Waals surface area contributed by atoms with E-state index in [-0.39, 0.29) is 17.7 Å². The number of anilines is 1. The lowest BCUT2D eigenvalue weighted by molar-refractivity contribution is -0.121. The van der Waals surface area contributed by atoms with Crippen LogP contribution in [0.15, 0.2) is 34.9 Å². The molecule has 1 fully saturated rings. The van der Waals surface area contributed by atoms with Gasteiger partial charge >= 0.3 is 0 Å². The zero-order valence-electron chi connectivity index (χ0n) is 17.3. The van der Waals surface area contributed by atoms with Crippen LogP contribution < -0.4 is 5.32 Å². The first-order chi connectivity index (χ1) is 14.4. The van der Waals surface area contributed by atoms with E-state index in [4.69, 9.17) is 4.42 Å². The number of furan rings is 1. The summed E-state index contributed by atoms with van der Waals surface area (Å²) in [7, 11) is 0. The maximum absolute atomic E-state index is 13.2. The number of pyridine rings is 1. The molecule has 3 aromatic heterocycles. The fourth-order valence-corrected chi connectivity index (χ4v) is 4.53. The van der Waals surface area contributed by atoms with Crippen LogP contribution in [0.1, 0.15) is 39.5 Å². The Bertz CT molecular complexity index is 1070. The molecule has 0 aliphatic carbocycles. The summed E-state index contributed by atoms with van der Waals surface area (Å²) in [6.45, 7) is 6.69. The fourth-order valence-electron chi connectivity index (χ4n) is 3.54. The van der Waals surface area contributed by atoms with Crippen LogP contribution in [0.4, 0.5) is 5.82 Å². The molecule has 0 saturated carbocycles. The minimum Gasteiger partial charge on any atom is -0.459 e. The van der Waals surface area contributed by atoms with Gasteiger partial charge in [-0.2, -0.15) is 0 Å². The molecule has 4 rings (SSSR count). The Morgan fingerprint density at radius 1 is 1.20 bits per heavy atom. The van der Waals surface area contributed by atoms with E-state index >= 15 is 0 Å². The molecule has 1 atom stereocenters. The summed E-state index contributed by atoms with van der Waals surface area (Å²) in [5.74, 6) is 1.57. The summed E-state index contributed by atoms with van der Waals surface area (Å²) in [4.78, 5) is 37.0. The third-order valence-corrected chi connectivity index (χ3v) is 6.34. The number of rotatable bonds is 4. The largest absolute Gasteiger partial charge is 0.459 e. The Morgan fingerprint density at radius 3 is 2.73 bits per heavy atom. The van der Waals surface area contributed by atoms with E-state index in [2.05, 4.69) is 15.3 Å². The molecule has 2 amide bonds. The van der Waals surface area contributed by atoms with Gasteiger partial charge in [0, 0.05) is 19.3 Å². The van der Waals surface area contributed by atoms with Crippen molar-refractivity contribution in [3.05, 3.63) is 52.4 Å². The molecule has 0 spiro atoms. The monoisotopic (exact) mass is 424 g/mol. The molecule has 1 aliphatic rings. The molecule has 1 aliphatic heterocycles. The van der Waals surface area contributed by atoms with Crippen molar-refractivity contribution in [3.63, 3.8) is 0 Å². The van der Waals surface area contributed by atoms with Crippen LogP contribution in [0, 0.1) is 26.7 Å². The number of aryl methyl sites for hydroxylation is 3. The van der Waals surface area contributed by atoms with Crippen molar-refractivity contribution >= 4 is 29.0 Å². The number of amides is 2. The van der Waals surface area contributed by atoms with Crippen molar-refractivity contribution in [3.8, 4) is 10.8 Å². The predicted octanol–water partition coefficient (Wildman–Crippen LogP) is 4.21. The first-order valence-corrected chi connectivity index (χ1v) is 10.8. The van der Waals surface area contributed by atoms with E-state index in [0.717, 1.165) is 24.2 Å². The number of carbonyl (C=O) groups excluding carboxylic acids is 2. The van der Waals surface area contributed by atoms with Gasteiger partial charge in [-0.15, -0.1) is 11.3 Å². The number of hydrogen-bond acceptors (Lipinski definition) is 6. The van der Waals surface area contributed by atoms with E-state index in [1.165, 1.54) is 11.3 Å². The Morgan fingerprint density at radius 2 is 2.03 bits per heavy atom. The van der Waals surface area contributed by atoms with Crippen molar-refractivity contribution in [1.82, 2.24) is 14.9 Å². The molecule has 0 bridgehead atoms. The number of nitrogens with zero attached hydrogens (tertiary/aromatic N) is 3. The number of hydrogen-bond donors (Lipinski definition) is 1. The van der Waals surface area contributed by atoms with Crippen molar-refractivity contribution < 1.29 is 14.0 Å². The van der Waals surface area contributed by atoms with E-state index < -0.39 is 0 Å². The summed E-state index contributed by atoms with van der Waals surface area (Å²) in [6, 6.07) is 7.44. The van der Waals surface area contributed by atoms with Crippen LogP contribution in [0.3, 0.4) is 0 Å². The van der Waals surface area contributed by atoms with Gasteiger partial charge in [0.05, 0.1) is 11.6 Å². The average molecular weight is 425 g/mol. The van der Waals surface area contributed by atoms with Crippen LogP contribution in [0.25, 0.3) is 10.8 Å². The normalized spacial score (nSPS) is 16.5. The van der Waals surface area contributed by atoms with Gasteiger partial charge in [-0.1, -0.05) is 6.07 Å². The molecule has 1 saturated heterocycles. The summed E-state index contributed by atoms with van der Waals surface area (Å²) >= 11 is 1.33. The molecular formula is C22H24N4O3S. The third-order valence-electron chi connectivity index (χ3n) is 5.18. The SMILES string of the molecule is Cc1ccc(NC(=O)[C@@H]2CCCN(C(=O)c3sc(-c4ccc(C)o4)nc3C)C2)nc1. The van der Waals surface area contributed by atoms with Gasteiger partial charge in [-0.3, -0.25) is 9.59 Å². The highest BCUT2D eigenvalue weighted by Crippen LogP contribution is 2.31. The zero-order chi connectivity index (χ0) is 21.3. The van der Waals surface area contributed by atoms with Gasteiger partial charge in [-0.05, 0) is 57.4 Å². The van der Waals surface area contributed by atoms with Crippen molar-refractivity contribution in [2.24, 2.45) is 5.92 Å². The molecule has 1 N–H and O–H groups in total. The number of thiazole rings is 1. The third kappa shape index (κ3) is 4.28. The summed E-state index contributed by atoms with van der Waals surface area (Å²) < 4.78 is 5.64. The lowest BCUT2D eigenvalue weighted by atomic mass is 9.97. The number of carbonyl (C=O) groups is 2. The van der Waals surface area contributed by atoms with Gasteiger partial charge in [0.15, 0.2) is 10.8 Å². The first kappa shape index (κ1) is 20.3. The highest BCUT2D eigenvalue weighted by Gasteiger charge is 2.31. The molecule has 156 valence electrons. The molecular weight excluding hydrogens is 400 g/mol. The average Bonchev–Trinajstić information content (AvgIpc) is 3.35. The van der Waals surface area contributed by atoms with Crippen molar-refractivity contribution in [1.29, 1.82) is 0 Å². The van der Waals surface area contributed by atoms with E-state index in [0.29, 0.717) is 40.2 Å². The summed E-state index contributed by atoms with van der Waals surface area (Å²) in [6.07, 6.45) is 3.25. The van der Waals surface area contributed by atoms with Gasteiger partial charge in [-0.25, -0.2) is 9.97 Å². The topological polar surface area (TPSA) is 88.3 Å². The number of aromatic nitrogens is 2. The number of nitrogens with one attached hydrogen (secondary N) is 1. The molecule has 0 aromatic carbocycles.